The van der Waals surface area contributed by atoms with Gasteiger partial charge in [0, 0.05) is 30.6 Å². The Labute approximate surface area is 179 Å². The van der Waals surface area contributed by atoms with Crippen LogP contribution in [0, 0.1) is 6.92 Å². The summed E-state index contributed by atoms with van der Waals surface area (Å²) < 4.78 is 16.2. The molecular weight excluding hydrogens is 398 g/mol. The molecule has 0 aliphatic carbocycles. The number of carbonyl (C=O) groups is 2. The monoisotopic (exact) mass is 421 g/mol. The molecule has 0 atom stereocenters. The number of likely N-dealkylation sites (tertiary alicyclic amines) is 1. The molecule has 3 aromatic rings. The van der Waals surface area contributed by atoms with Crippen molar-refractivity contribution in [2.45, 2.75) is 26.4 Å². The van der Waals surface area contributed by atoms with E-state index in [0.717, 1.165) is 42.4 Å². The van der Waals surface area contributed by atoms with Crippen LogP contribution in [0.25, 0.3) is 11.0 Å². The summed E-state index contributed by atoms with van der Waals surface area (Å²) in [6.45, 7) is 3.36. The Bertz CT molecular complexity index is 1160. The van der Waals surface area contributed by atoms with Gasteiger partial charge < -0.3 is 18.8 Å². The Kier molecular flexibility index (Phi) is 6.02. The standard InChI is InChI=1S/C24H23NO6/c1-16-12-23(27)31-21-13-19(8-9-20(16)21)29-14-17-4-6-18(7-5-17)24(28)30-15-22(26)25-10-2-3-11-25/h4-9,12-13H,2-3,10-11,14-15H2,1H3. The van der Waals surface area contributed by atoms with Crippen molar-refractivity contribution in [1.29, 1.82) is 0 Å². The maximum Gasteiger partial charge on any atom is 0.338 e. The maximum atomic E-state index is 12.2. The van der Waals surface area contributed by atoms with E-state index in [1.807, 2.05) is 19.1 Å². The molecule has 0 spiro atoms. The Morgan fingerprint density at radius 3 is 2.52 bits per heavy atom. The molecule has 1 aliphatic heterocycles. The van der Waals surface area contributed by atoms with Gasteiger partial charge in [-0.1, -0.05) is 12.1 Å². The fourth-order valence-electron chi connectivity index (χ4n) is 3.57. The predicted molar refractivity (Wildman–Crippen MR) is 114 cm³/mol. The normalized spacial score (nSPS) is 13.4. The largest absolute Gasteiger partial charge is 0.489 e. The predicted octanol–water partition coefficient (Wildman–Crippen LogP) is 3.46. The van der Waals surface area contributed by atoms with E-state index in [2.05, 4.69) is 0 Å². The average Bonchev–Trinajstić information content (AvgIpc) is 3.31. The average molecular weight is 421 g/mol. The molecule has 7 heteroatoms. The van der Waals surface area contributed by atoms with Crippen molar-refractivity contribution in [3.05, 3.63) is 75.6 Å². The summed E-state index contributed by atoms with van der Waals surface area (Å²) in [5.41, 5.74) is 2.16. The van der Waals surface area contributed by atoms with Gasteiger partial charge in [-0.25, -0.2) is 9.59 Å². The van der Waals surface area contributed by atoms with Gasteiger partial charge in [-0.3, -0.25) is 4.79 Å². The number of hydrogen-bond acceptors (Lipinski definition) is 6. The summed E-state index contributed by atoms with van der Waals surface area (Å²) in [6.07, 6.45) is 1.99. The summed E-state index contributed by atoms with van der Waals surface area (Å²) in [5.74, 6) is -0.109. The molecule has 31 heavy (non-hydrogen) atoms. The minimum Gasteiger partial charge on any atom is -0.489 e. The van der Waals surface area contributed by atoms with Gasteiger partial charge in [0.1, 0.15) is 17.9 Å². The molecule has 2 heterocycles. The topological polar surface area (TPSA) is 86.0 Å². The van der Waals surface area contributed by atoms with Crippen LogP contribution >= 0.6 is 0 Å². The zero-order valence-corrected chi connectivity index (χ0v) is 17.3. The van der Waals surface area contributed by atoms with Crippen LogP contribution in [-0.4, -0.2) is 36.5 Å². The zero-order valence-electron chi connectivity index (χ0n) is 17.3. The molecule has 1 saturated heterocycles. The summed E-state index contributed by atoms with van der Waals surface area (Å²) in [5, 5.41) is 0.859. The minimum absolute atomic E-state index is 0.155. The molecule has 0 saturated carbocycles. The molecule has 0 bridgehead atoms. The number of aryl methyl sites for hydroxylation is 1. The first-order valence-electron chi connectivity index (χ1n) is 10.2. The second kappa shape index (κ2) is 9.04. The van der Waals surface area contributed by atoms with Crippen LogP contribution in [0.15, 0.2) is 57.7 Å². The highest BCUT2D eigenvalue weighted by Crippen LogP contribution is 2.23. The molecule has 0 radical (unpaired) electrons. The van der Waals surface area contributed by atoms with Crippen LogP contribution in [0.5, 0.6) is 5.75 Å². The van der Waals surface area contributed by atoms with Gasteiger partial charge in [-0.05, 0) is 55.2 Å². The lowest BCUT2D eigenvalue weighted by atomic mass is 10.1. The van der Waals surface area contributed by atoms with Gasteiger partial charge in [0.15, 0.2) is 6.61 Å². The first kappa shape index (κ1) is 20.7. The third-order valence-corrected chi connectivity index (χ3v) is 5.30. The Balaban J connectivity index is 1.33. The Morgan fingerprint density at radius 2 is 1.77 bits per heavy atom. The molecule has 7 nitrogen and oxygen atoms in total. The van der Waals surface area contributed by atoms with E-state index in [1.54, 1.807) is 35.2 Å². The van der Waals surface area contributed by atoms with Crippen molar-refractivity contribution in [3.63, 3.8) is 0 Å². The molecule has 160 valence electrons. The lowest BCUT2D eigenvalue weighted by molar-refractivity contribution is -0.133. The number of amides is 1. The van der Waals surface area contributed by atoms with Crippen molar-refractivity contribution >= 4 is 22.8 Å². The maximum absolute atomic E-state index is 12.2. The number of fused-ring (bicyclic) bond motifs is 1. The number of ether oxygens (including phenoxy) is 2. The summed E-state index contributed by atoms with van der Waals surface area (Å²) in [7, 11) is 0. The summed E-state index contributed by atoms with van der Waals surface area (Å²) in [4.78, 5) is 37.4. The lowest BCUT2D eigenvalue weighted by Gasteiger charge is -2.15. The number of benzene rings is 2. The molecule has 0 unspecified atom stereocenters. The third kappa shape index (κ3) is 4.94. The number of nitrogens with zero attached hydrogens (tertiary/aromatic N) is 1. The Hall–Kier alpha value is -3.61. The highest BCUT2D eigenvalue weighted by Gasteiger charge is 2.19. The van der Waals surface area contributed by atoms with E-state index in [9.17, 15) is 14.4 Å². The van der Waals surface area contributed by atoms with E-state index in [-0.39, 0.29) is 19.1 Å². The number of hydrogen-bond donors (Lipinski definition) is 0. The number of esters is 1. The van der Waals surface area contributed by atoms with E-state index < -0.39 is 11.6 Å². The quantitative estimate of drug-likeness (QED) is 0.448. The fourth-order valence-corrected chi connectivity index (χ4v) is 3.57. The van der Waals surface area contributed by atoms with Crippen molar-refractivity contribution in [2.75, 3.05) is 19.7 Å². The van der Waals surface area contributed by atoms with E-state index in [4.69, 9.17) is 13.9 Å². The molecule has 1 fully saturated rings. The molecule has 1 aliphatic rings. The SMILES string of the molecule is Cc1cc(=O)oc2cc(OCc3ccc(C(=O)OCC(=O)N4CCCC4)cc3)ccc12. The van der Waals surface area contributed by atoms with Crippen LogP contribution in [0.1, 0.15) is 34.3 Å². The van der Waals surface area contributed by atoms with Gasteiger partial charge >= 0.3 is 11.6 Å². The highest BCUT2D eigenvalue weighted by molar-refractivity contribution is 5.91. The second-order valence-electron chi connectivity index (χ2n) is 7.56. The smallest absolute Gasteiger partial charge is 0.338 e. The number of rotatable bonds is 6. The van der Waals surface area contributed by atoms with E-state index in [0.29, 0.717) is 16.9 Å². The third-order valence-electron chi connectivity index (χ3n) is 5.30. The zero-order chi connectivity index (χ0) is 21.8. The number of carbonyl (C=O) groups excluding carboxylic acids is 2. The van der Waals surface area contributed by atoms with Crippen LogP contribution in [0.2, 0.25) is 0 Å². The molecule has 1 aromatic heterocycles. The first-order valence-corrected chi connectivity index (χ1v) is 10.2. The summed E-state index contributed by atoms with van der Waals surface area (Å²) in [6, 6.07) is 13.6. The molecular formula is C24H23NO6. The van der Waals surface area contributed by atoms with Crippen molar-refractivity contribution in [1.82, 2.24) is 4.90 Å². The molecule has 1 amide bonds. The van der Waals surface area contributed by atoms with Crippen LogP contribution in [0.4, 0.5) is 0 Å². The van der Waals surface area contributed by atoms with E-state index in [1.165, 1.54) is 6.07 Å². The molecule has 2 aromatic carbocycles. The molecule has 0 N–H and O–H groups in total. The van der Waals surface area contributed by atoms with E-state index >= 15 is 0 Å². The van der Waals surface area contributed by atoms with Gasteiger partial charge in [-0.2, -0.15) is 0 Å². The van der Waals surface area contributed by atoms with Crippen LogP contribution in [-0.2, 0) is 16.1 Å². The van der Waals surface area contributed by atoms with Crippen LogP contribution in [0.3, 0.4) is 0 Å². The van der Waals surface area contributed by atoms with Gasteiger partial charge in [0.05, 0.1) is 5.56 Å². The summed E-state index contributed by atoms with van der Waals surface area (Å²) >= 11 is 0. The van der Waals surface area contributed by atoms with Crippen molar-refractivity contribution in [3.8, 4) is 5.75 Å². The van der Waals surface area contributed by atoms with Gasteiger partial charge in [-0.15, -0.1) is 0 Å². The second-order valence-corrected chi connectivity index (χ2v) is 7.56. The minimum atomic E-state index is -0.528. The fraction of sp³-hybridized carbons (Fsp3) is 0.292. The van der Waals surface area contributed by atoms with Crippen molar-refractivity contribution < 1.29 is 23.5 Å². The lowest BCUT2D eigenvalue weighted by Crippen LogP contribution is -2.32. The molecule has 4 rings (SSSR count). The van der Waals surface area contributed by atoms with Gasteiger partial charge in [0.25, 0.3) is 5.91 Å². The van der Waals surface area contributed by atoms with Crippen molar-refractivity contribution in [2.24, 2.45) is 0 Å². The van der Waals surface area contributed by atoms with Crippen LogP contribution < -0.4 is 10.4 Å². The highest BCUT2D eigenvalue weighted by atomic mass is 16.5. The first-order chi connectivity index (χ1) is 15.0. The Morgan fingerprint density at radius 1 is 1.03 bits per heavy atom. The van der Waals surface area contributed by atoms with Gasteiger partial charge in [0.2, 0.25) is 0 Å².